The SMILES string of the molecule is O=S(=O)([O-])C(F)(F)F.c1ccc(-c2cc(-c3ccccc3)[s+]c(C3Cc4cccc5c4N(CCC5)C3)c2)cc1. The number of hydrogen-bond acceptors (Lipinski definition) is 4. The Morgan fingerprint density at radius 1 is 0.821 bits per heavy atom. The summed E-state index contributed by atoms with van der Waals surface area (Å²) in [5.41, 5.74) is 2.91. The van der Waals surface area contributed by atoms with Crippen LogP contribution in [0, 0.1) is 0 Å². The molecule has 0 saturated heterocycles. The lowest BCUT2D eigenvalue weighted by atomic mass is 9.86. The van der Waals surface area contributed by atoms with E-state index in [1.165, 1.54) is 57.1 Å². The number of alkyl halides is 3. The number of benzene rings is 3. The fraction of sp³-hybridized carbons (Fsp3) is 0.233. The summed E-state index contributed by atoms with van der Waals surface area (Å²) in [4.78, 5) is 5.52. The van der Waals surface area contributed by atoms with E-state index >= 15 is 0 Å². The molecule has 3 aromatic carbocycles. The molecule has 0 amide bonds. The molecule has 4 aromatic rings. The Kier molecular flexibility index (Phi) is 7.75. The third kappa shape index (κ3) is 6.16. The molecule has 4 nitrogen and oxygen atoms in total. The van der Waals surface area contributed by atoms with E-state index in [9.17, 15) is 13.2 Å². The van der Waals surface area contributed by atoms with Crippen molar-refractivity contribution in [3.05, 3.63) is 107 Å². The number of nitrogens with zero attached hydrogens (tertiary/aromatic N) is 1. The first-order chi connectivity index (χ1) is 18.6. The molecular weight excluding hydrogens is 543 g/mol. The van der Waals surface area contributed by atoms with Crippen LogP contribution in [-0.4, -0.2) is 31.6 Å². The predicted molar refractivity (Wildman–Crippen MR) is 149 cm³/mol. The van der Waals surface area contributed by atoms with Crippen molar-refractivity contribution in [2.45, 2.75) is 30.7 Å². The third-order valence-corrected chi connectivity index (χ3v) is 8.79. The first-order valence-electron chi connectivity index (χ1n) is 12.6. The Morgan fingerprint density at radius 3 is 2.08 bits per heavy atom. The van der Waals surface area contributed by atoms with Gasteiger partial charge in [-0.15, -0.1) is 0 Å². The summed E-state index contributed by atoms with van der Waals surface area (Å²) in [7, 11) is -6.09. The highest BCUT2D eigenvalue weighted by molar-refractivity contribution is 7.86. The second-order valence-electron chi connectivity index (χ2n) is 9.62. The maximum atomic E-state index is 10.7. The summed E-state index contributed by atoms with van der Waals surface area (Å²) in [5, 5.41) is 0. The van der Waals surface area contributed by atoms with Gasteiger partial charge in [0.1, 0.15) is 0 Å². The highest BCUT2D eigenvalue weighted by Crippen LogP contribution is 2.43. The topological polar surface area (TPSA) is 60.4 Å². The smallest absolute Gasteiger partial charge is 0.485 e. The van der Waals surface area contributed by atoms with Crippen molar-refractivity contribution in [1.82, 2.24) is 0 Å². The third-order valence-electron chi connectivity index (χ3n) is 6.96. The van der Waals surface area contributed by atoms with Crippen molar-refractivity contribution in [3.63, 3.8) is 0 Å². The van der Waals surface area contributed by atoms with Gasteiger partial charge in [-0.2, -0.15) is 13.2 Å². The maximum Gasteiger partial charge on any atom is 0.485 e. The van der Waals surface area contributed by atoms with Crippen LogP contribution in [0.15, 0.2) is 91.0 Å². The van der Waals surface area contributed by atoms with Gasteiger partial charge in [-0.05, 0) is 53.6 Å². The number of aryl methyl sites for hydroxylation is 1. The van der Waals surface area contributed by atoms with Crippen molar-refractivity contribution in [2.75, 3.05) is 18.0 Å². The Hall–Kier alpha value is -3.27. The highest BCUT2D eigenvalue weighted by atomic mass is 32.2. The second kappa shape index (κ2) is 11.1. The van der Waals surface area contributed by atoms with E-state index in [-0.39, 0.29) is 0 Å². The van der Waals surface area contributed by atoms with Crippen LogP contribution < -0.4 is 4.90 Å². The van der Waals surface area contributed by atoms with E-state index in [0.717, 1.165) is 13.0 Å². The standard InChI is InChI=1S/C29H26NS.CHF3O3S/c1-3-9-21(10-4-1)25-18-27(22-11-5-2-6-12-22)31-28(19-25)26-17-24-14-7-13-23-15-8-16-30(20-26)29(23)24;2-1(3,4)8(5,6)7/h1-7,9-14,18-19,26H,8,15-17,20H2;(H,5,6,7)/q+1;/p-1. The molecule has 9 heteroatoms. The molecule has 2 aliphatic heterocycles. The van der Waals surface area contributed by atoms with Crippen LogP contribution in [0.2, 0.25) is 0 Å². The average Bonchev–Trinajstić information content (AvgIpc) is 2.93. The van der Waals surface area contributed by atoms with E-state index in [0.29, 0.717) is 5.92 Å². The predicted octanol–water partition coefficient (Wildman–Crippen LogP) is 7.51. The molecule has 0 bridgehead atoms. The maximum absolute atomic E-state index is 10.7. The van der Waals surface area contributed by atoms with E-state index < -0.39 is 15.6 Å². The van der Waals surface area contributed by atoms with Crippen molar-refractivity contribution < 1.29 is 26.1 Å². The Balaban J connectivity index is 0.000000339. The minimum Gasteiger partial charge on any atom is -0.741 e. The fourth-order valence-corrected chi connectivity index (χ4v) is 6.43. The molecule has 0 radical (unpaired) electrons. The van der Waals surface area contributed by atoms with Gasteiger partial charge in [-0.1, -0.05) is 66.7 Å². The van der Waals surface area contributed by atoms with Crippen LogP contribution in [-0.2, 0) is 23.0 Å². The summed E-state index contributed by atoms with van der Waals surface area (Å²) in [6, 6.07) is 33.5. The van der Waals surface area contributed by atoms with Crippen LogP contribution in [0.25, 0.3) is 21.6 Å². The van der Waals surface area contributed by atoms with Gasteiger partial charge in [0, 0.05) is 36.5 Å². The van der Waals surface area contributed by atoms with Crippen molar-refractivity contribution in [2.24, 2.45) is 0 Å². The first kappa shape index (κ1) is 27.3. The van der Waals surface area contributed by atoms with E-state index in [1.54, 1.807) is 5.56 Å². The molecule has 3 heterocycles. The minimum absolute atomic E-state index is 0.539. The molecule has 6 rings (SSSR count). The lowest BCUT2D eigenvalue weighted by Crippen LogP contribution is -2.38. The molecule has 1 aromatic heterocycles. The minimum atomic E-state index is -6.09. The van der Waals surface area contributed by atoms with Crippen molar-refractivity contribution in [3.8, 4) is 21.6 Å². The zero-order valence-electron chi connectivity index (χ0n) is 20.9. The molecule has 1 atom stereocenters. The van der Waals surface area contributed by atoms with Gasteiger partial charge >= 0.3 is 5.51 Å². The quantitative estimate of drug-likeness (QED) is 0.146. The molecule has 0 saturated carbocycles. The van der Waals surface area contributed by atoms with Crippen LogP contribution in [0.3, 0.4) is 0 Å². The fourth-order valence-electron chi connectivity index (χ4n) is 5.22. The molecule has 2 aliphatic rings. The molecule has 202 valence electrons. The molecule has 0 aliphatic carbocycles. The van der Waals surface area contributed by atoms with Gasteiger partial charge in [0.25, 0.3) is 0 Å². The van der Waals surface area contributed by atoms with Gasteiger partial charge < -0.3 is 9.45 Å². The van der Waals surface area contributed by atoms with Crippen molar-refractivity contribution >= 4 is 27.1 Å². The first-order valence-corrected chi connectivity index (χ1v) is 14.8. The van der Waals surface area contributed by atoms with Gasteiger partial charge in [0.05, 0.1) is 5.92 Å². The molecule has 39 heavy (non-hydrogen) atoms. The lowest BCUT2D eigenvalue weighted by molar-refractivity contribution is -0.0517. The number of halogens is 3. The zero-order chi connectivity index (χ0) is 27.6. The van der Waals surface area contributed by atoms with E-state index in [2.05, 4.69) is 95.9 Å². The molecular formula is C30H26F3NO3S2. The Labute approximate surface area is 230 Å². The summed E-state index contributed by atoms with van der Waals surface area (Å²) < 4.78 is 58.9. The van der Waals surface area contributed by atoms with E-state index in [4.69, 9.17) is 13.0 Å². The summed E-state index contributed by atoms with van der Waals surface area (Å²) in [6.45, 7) is 2.32. The summed E-state index contributed by atoms with van der Waals surface area (Å²) in [5.74, 6) is 0.539. The summed E-state index contributed by atoms with van der Waals surface area (Å²) in [6.07, 6.45) is 3.64. The van der Waals surface area contributed by atoms with Crippen molar-refractivity contribution in [1.29, 1.82) is 0 Å². The number of hydrogen-bond donors (Lipinski definition) is 0. The summed E-state index contributed by atoms with van der Waals surface area (Å²) >= 11 is 1.97. The van der Waals surface area contributed by atoms with Gasteiger partial charge in [-0.25, -0.2) is 8.42 Å². The number of anilines is 1. The number of rotatable bonds is 3. The molecule has 0 fully saturated rings. The number of para-hydroxylation sites is 1. The largest absolute Gasteiger partial charge is 0.741 e. The Bertz CT molecular complexity index is 1500. The average molecular weight is 570 g/mol. The zero-order valence-corrected chi connectivity index (χ0v) is 22.5. The molecule has 0 spiro atoms. The normalized spacial score (nSPS) is 16.6. The van der Waals surface area contributed by atoms with E-state index in [1.807, 2.05) is 11.3 Å². The van der Waals surface area contributed by atoms with Gasteiger partial charge in [0.15, 0.2) is 10.1 Å². The lowest BCUT2D eigenvalue weighted by Gasteiger charge is -2.39. The van der Waals surface area contributed by atoms with Crippen LogP contribution in [0.1, 0.15) is 28.3 Å². The Morgan fingerprint density at radius 2 is 1.44 bits per heavy atom. The van der Waals surface area contributed by atoms with Gasteiger partial charge in [-0.3, -0.25) is 0 Å². The van der Waals surface area contributed by atoms with Crippen LogP contribution >= 0.6 is 11.3 Å². The molecule has 0 N–H and O–H groups in total. The molecule has 1 unspecified atom stereocenters. The highest BCUT2D eigenvalue weighted by Gasteiger charge is 2.37. The van der Waals surface area contributed by atoms with Crippen LogP contribution in [0.4, 0.5) is 18.9 Å². The van der Waals surface area contributed by atoms with Crippen LogP contribution in [0.5, 0.6) is 0 Å². The second-order valence-corrected chi connectivity index (χ2v) is 12.1. The monoisotopic (exact) mass is 569 g/mol. The van der Waals surface area contributed by atoms with Gasteiger partial charge in [0.2, 0.25) is 21.1 Å².